The molecular weight excluding hydrogens is 173 g/mol. The van der Waals surface area contributed by atoms with Crippen LogP contribution in [0, 0.1) is 6.92 Å². The van der Waals surface area contributed by atoms with Gasteiger partial charge in [0.2, 0.25) is 0 Å². The van der Waals surface area contributed by atoms with Crippen molar-refractivity contribution in [2.45, 2.75) is 13.5 Å². The Morgan fingerprint density at radius 2 is 2.20 bits per heavy atom. The maximum absolute atomic E-state index is 5.28. The minimum atomic E-state index is 0. The molecule has 0 aliphatic heterocycles. The van der Waals surface area contributed by atoms with E-state index < -0.39 is 0 Å². The zero-order valence-electron chi connectivity index (χ0n) is 5.63. The lowest BCUT2D eigenvalue weighted by molar-refractivity contribution is 0.939. The average Bonchev–Trinajstić information content (AvgIpc) is 2.14. The van der Waals surface area contributed by atoms with Gasteiger partial charge in [-0.1, -0.05) is 0 Å². The molecule has 0 amide bonds. The van der Waals surface area contributed by atoms with Crippen molar-refractivity contribution in [1.29, 1.82) is 0 Å². The second-order valence-electron chi connectivity index (χ2n) is 1.75. The zero-order valence-corrected chi connectivity index (χ0v) is 7.26. The van der Waals surface area contributed by atoms with Crippen molar-refractivity contribution in [2.24, 2.45) is 5.73 Å². The number of nitrogens with one attached hydrogen (secondary N) is 1. The molecule has 0 aliphatic carbocycles. The van der Waals surface area contributed by atoms with E-state index in [1.165, 1.54) is 0 Å². The van der Waals surface area contributed by atoms with Crippen LogP contribution < -0.4 is 5.73 Å². The van der Waals surface area contributed by atoms with Crippen LogP contribution in [0.1, 0.15) is 11.4 Å². The van der Waals surface area contributed by atoms with Crippen molar-refractivity contribution >= 4 is 24.8 Å². The van der Waals surface area contributed by atoms with Gasteiger partial charge in [0.05, 0.1) is 5.69 Å². The van der Waals surface area contributed by atoms with Crippen molar-refractivity contribution < 1.29 is 0 Å². The maximum atomic E-state index is 5.28. The molecule has 0 spiro atoms. The van der Waals surface area contributed by atoms with Gasteiger partial charge in [0.15, 0.2) is 0 Å². The van der Waals surface area contributed by atoms with E-state index in [-0.39, 0.29) is 24.8 Å². The number of hydrogen-bond donors (Lipinski definition) is 2. The molecule has 0 saturated carbocycles. The number of nitrogens with two attached hydrogens (primary N) is 1. The van der Waals surface area contributed by atoms with Gasteiger partial charge in [-0.2, -0.15) is 5.10 Å². The molecule has 0 fully saturated rings. The summed E-state index contributed by atoms with van der Waals surface area (Å²) in [5, 5.41) is 6.67. The first-order valence-electron chi connectivity index (χ1n) is 2.54. The first-order valence-corrected chi connectivity index (χ1v) is 2.54. The van der Waals surface area contributed by atoms with E-state index in [0.717, 1.165) is 11.4 Å². The highest BCUT2D eigenvalue weighted by atomic mass is 35.5. The summed E-state index contributed by atoms with van der Waals surface area (Å²) in [6, 6.07) is 1.93. The topological polar surface area (TPSA) is 54.7 Å². The Kier molecular flexibility index (Phi) is 6.87. The van der Waals surface area contributed by atoms with E-state index in [0.29, 0.717) is 6.54 Å². The Balaban J connectivity index is 0. The van der Waals surface area contributed by atoms with Crippen LogP contribution in [0.2, 0.25) is 0 Å². The van der Waals surface area contributed by atoms with E-state index in [1.807, 2.05) is 13.0 Å². The van der Waals surface area contributed by atoms with Gasteiger partial charge in [0.1, 0.15) is 0 Å². The number of halogens is 2. The normalized spacial score (nSPS) is 7.80. The summed E-state index contributed by atoms with van der Waals surface area (Å²) in [5.74, 6) is 0. The Bertz CT molecular complexity index is 175. The van der Waals surface area contributed by atoms with E-state index in [9.17, 15) is 0 Å². The first-order chi connectivity index (χ1) is 3.83. The van der Waals surface area contributed by atoms with Crippen molar-refractivity contribution in [3.8, 4) is 0 Å². The molecule has 3 N–H and O–H groups in total. The van der Waals surface area contributed by atoms with E-state index in [4.69, 9.17) is 5.73 Å². The van der Waals surface area contributed by atoms with Crippen LogP contribution in [0.5, 0.6) is 0 Å². The third kappa shape index (κ3) is 3.06. The second-order valence-corrected chi connectivity index (χ2v) is 1.75. The molecule has 10 heavy (non-hydrogen) atoms. The van der Waals surface area contributed by atoms with Gasteiger partial charge in [-0.3, -0.25) is 5.10 Å². The smallest absolute Gasteiger partial charge is 0.0760 e. The van der Waals surface area contributed by atoms with Gasteiger partial charge in [0.25, 0.3) is 0 Å². The van der Waals surface area contributed by atoms with E-state index >= 15 is 0 Å². The second kappa shape index (κ2) is 5.53. The lowest BCUT2D eigenvalue weighted by Crippen LogP contribution is -1.95. The largest absolute Gasteiger partial charge is 0.325 e. The number of aryl methyl sites for hydroxylation is 1. The van der Waals surface area contributed by atoms with Crippen LogP contribution in [-0.2, 0) is 6.54 Å². The quantitative estimate of drug-likeness (QED) is 0.684. The van der Waals surface area contributed by atoms with Crippen molar-refractivity contribution in [3.05, 3.63) is 17.5 Å². The zero-order chi connectivity index (χ0) is 5.98. The summed E-state index contributed by atoms with van der Waals surface area (Å²) < 4.78 is 0. The standard InChI is InChI=1S/C5H9N3.2ClH/c1-4-2-5(3-6)8-7-4;;/h2H,3,6H2,1H3,(H,7,8);2*1H. The Labute approximate surface area is 72.2 Å². The summed E-state index contributed by atoms with van der Waals surface area (Å²) in [7, 11) is 0. The van der Waals surface area contributed by atoms with Crippen LogP contribution in [-0.4, -0.2) is 10.2 Å². The number of hydrogen-bond acceptors (Lipinski definition) is 2. The van der Waals surface area contributed by atoms with Gasteiger partial charge < -0.3 is 5.73 Å². The van der Waals surface area contributed by atoms with E-state index in [2.05, 4.69) is 10.2 Å². The fraction of sp³-hybridized carbons (Fsp3) is 0.400. The molecule has 60 valence electrons. The Morgan fingerprint density at radius 3 is 2.40 bits per heavy atom. The molecule has 0 aromatic carbocycles. The lowest BCUT2D eigenvalue weighted by Gasteiger charge is -1.78. The summed E-state index contributed by atoms with van der Waals surface area (Å²) in [6.45, 7) is 2.47. The molecular formula is C5H11Cl2N3. The fourth-order valence-electron chi connectivity index (χ4n) is 0.579. The Morgan fingerprint density at radius 1 is 1.60 bits per heavy atom. The molecule has 0 unspecified atom stereocenters. The van der Waals surface area contributed by atoms with Crippen LogP contribution in [0.15, 0.2) is 6.07 Å². The minimum Gasteiger partial charge on any atom is -0.325 e. The monoisotopic (exact) mass is 183 g/mol. The Hall–Kier alpha value is -0.250. The fourth-order valence-corrected chi connectivity index (χ4v) is 0.579. The number of aromatic nitrogens is 2. The molecule has 1 rings (SSSR count). The van der Waals surface area contributed by atoms with Gasteiger partial charge in [-0.05, 0) is 13.0 Å². The minimum absolute atomic E-state index is 0. The predicted octanol–water partition coefficient (Wildman–Crippen LogP) is 1.02. The van der Waals surface area contributed by atoms with Crippen LogP contribution in [0.25, 0.3) is 0 Å². The maximum Gasteiger partial charge on any atom is 0.0760 e. The van der Waals surface area contributed by atoms with Crippen molar-refractivity contribution in [3.63, 3.8) is 0 Å². The molecule has 0 aliphatic rings. The molecule has 1 aromatic rings. The average molecular weight is 184 g/mol. The molecule has 0 bridgehead atoms. The number of H-pyrrole nitrogens is 1. The molecule has 0 saturated heterocycles. The molecule has 5 heteroatoms. The van der Waals surface area contributed by atoms with Crippen LogP contribution in [0.4, 0.5) is 0 Å². The third-order valence-corrected chi connectivity index (χ3v) is 0.968. The van der Waals surface area contributed by atoms with Gasteiger partial charge in [0, 0.05) is 12.2 Å². The van der Waals surface area contributed by atoms with Crippen LogP contribution >= 0.6 is 24.8 Å². The molecule has 1 heterocycles. The molecule has 3 nitrogen and oxygen atoms in total. The predicted molar refractivity (Wildman–Crippen MR) is 45.7 cm³/mol. The first kappa shape index (κ1) is 12.4. The SMILES string of the molecule is Cc1cc(CN)n[nH]1.Cl.Cl. The lowest BCUT2D eigenvalue weighted by atomic mass is 10.4. The summed E-state index contributed by atoms with van der Waals surface area (Å²) in [4.78, 5) is 0. The molecule has 0 radical (unpaired) electrons. The van der Waals surface area contributed by atoms with Crippen molar-refractivity contribution in [2.75, 3.05) is 0 Å². The van der Waals surface area contributed by atoms with Gasteiger partial charge in [-0.15, -0.1) is 24.8 Å². The number of rotatable bonds is 1. The van der Waals surface area contributed by atoms with Gasteiger partial charge >= 0.3 is 0 Å². The van der Waals surface area contributed by atoms with Crippen LogP contribution in [0.3, 0.4) is 0 Å². The highest BCUT2D eigenvalue weighted by molar-refractivity contribution is 5.85. The summed E-state index contributed by atoms with van der Waals surface area (Å²) >= 11 is 0. The van der Waals surface area contributed by atoms with Crippen molar-refractivity contribution in [1.82, 2.24) is 10.2 Å². The summed E-state index contributed by atoms with van der Waals surface area (Å²) in [5.41, 5.74) is 7.26. The molecule has 1 aromatic heterocycles. The number of nitrogens with zero attached hydrogens (tertiary/aromatic N) is 1. The highest BCUT2D eigenvalue weighted by Crippen LogP contribution is 1.93. The van der Waals surface area contributed by atoms with Gasteiger partial charge in [-0.25, -0.2) is 0 Å². The highest BCUT2D eigenvalue weighted by Gasteiger charge is 1.90. The number of aromatic amines is 1. The molecule has 0 atom stereocenters. The van der Waals surface area contributed by atoms with E-state index in [1.54, 1.807) is 0 Å². The summed E-state index contributed by atoms with van der Waals surface area (Å²) in [6.07, 6.45) is 0. The third-order valence-electron chi connectivity index (χ3n) is 0.968.